The van der Waals surface area contributed by atoms with E-state index in [1.54, 1.807) is 7.11 Å². The fraction of sp³-hybridized carbons (Fsp3) is 1.00. The van der Waals surface area contributed by atoms with Gasteiger partial charge in [-0.3, -0.25) is 0 Å². The largest absolute Gasteiger partial charge is 0.381 e. The first kappa shape index (κ1) is 12.6. The summed E-state index contributed by atoms with van der Waals surface area (Å²) in [5, 5.41) is 3.57. The number of azide groups is 1. The Balaban J connectivity index is 1.84. The van der Waals surface area contributed by atoms with E-state index in [2.05, 4.69) is 14.9 Å². The van der Waals surface area contributed by atoms with Crippen molar-refractivity contribution in [2.45, 2.75) is 31.0 Å². The maximum atomic E-state index is 8.25. The van der Waals surface area contributed by atoms with Crippen molar-refractivity contribution in [1.29, 1.82) is 0 Å². The zero-order valence-corrected chi connectivity index (χ0v) is 10.3. The minimum absolute atomic E-state index is 0.0186. The Hall–Kier alpha value is -0.810. The first-order valence-corrected chi connectivity index (χ1v) is 6.18. The number of hydrogen-bond donors (Lipinski definition) is 0. The molecule has 2 aliphatic heterocycles. The van der Waals surface area contributed by atoms with Crippen molar-refractivity contribution in [3.05, 3.63) is 10.4 Å². The molecule has 2 heterocycles. The summed E-state index contributed by atoms with van der Waals surface area (Å²) in [7, 11) is 1.78. The second kappa shape index (κ2) is 5.69. The van der Waals surface area contributed by atoms with Gasteiger partial charge < -0.3 is 14.4 Å². The number of hydrogen-bond acceptors (Lipinski definition) is 4. The van der Waals surface area contributed by atoms with Crippen LogP contribution in [0.5, 0.6) is 0 Å². The first-order chi connectivity index (χ1) is 8.28. The van der Waals surface area contributed by atoms with Gasteiger partial charge in [0.1, 0.15) is 0 Å². The van der Waals surface area contributed by atoms with Gasteiger partial charge in [0.25, 0.3) is 0 Å². The molecule has 0 bridgehead atoms. The van der Waals surface area contributed by atoms with Crippen LogP contribution in [-0.4, -0.2) is 56.5 Å². The average molecular weight is 240 g/mol. The zero-order valence-electron chi connectivity index (χ0n) is 10.3. The second-order valence-corrected chi connectivity index (χ2v) is 4.86. The number of nitrogens with zero attached hydrogens (tertiary/aromatic N) is 4. The Morgan fingerprint density at radius 1 is 1.65 bits per heavy atom. The molecule has 0 amide bonds. The molecule has 0 unspecified atom stereocenters. The highest BCUT2D eigenvalue weighted by Gasteiger charge is 2.42. The van der Waals surface area contributed by atoms with Crippen molar-refractivity contribution in [1.82, 2.24) is 4.90 Å². The lowest BCUT2D eigenvalue weighted by atomic mass is 9.91. The molecule has 17 heavy (non-hydrogen) atoms. The van der Waals surface area contributed by atoms with Crippen LogP contribution in [0.4, 0.5) is 0 Å². The highest BCUT2D eigenvalue weighted by molar-refractivity contribution is 4.96. The minimum Gasteiger partial charge on any atom is -0.381 e. The number of rotatable bonds is 4. The van der Waals surface area contributed by atoms with Crippen molar-refractivity contribution in [2.24, 2.45) is 5.11 Å². The highest BCUT2D eigenvalue weighted by Crippen LogP contribution is 2.34. The van der Waals surface area contributed by atoms with Gasteiger partial charge in [-0.2, -0.15) is 0 Å². The molecule has 2 rings (SSSR count). The molecule has 0 aromatic rings. The van der Waals surface area contributed by atoms with E-state index in [0.29, 0.717) is 12.6 Å². The SMILES string of the molecule is CO[C@H]1CCO[C@@]2(CCN(CCN=[N+]=[N-])C2)C1. The lowest BCUT2D eigenvalue weighted by Crippen LogP contribution is -2.44. The third kappa shape index (κ3) is 3.10. The number of likely N-dealkylation sites (tertiary alicyclic amines) is 1. The van der Waals surface area contributed by atoms with E-state index in [1.807, 2.05) is 0 Å². The van der Waals surface area contributed by atoms with Gasteiger partial charge in [-0.1, -0.05) is 5.11 Å². The molecule has 6 heteroatoms. The Labute approximate surface area is 101 Å². The fourth-order valence-corrected chi connectivity index (χ4v) is 2.82. The molecular weight excluding hydrogens is 220 g/mol. The average Bonchev–Trinajstić information content (AvgIpc) is 2.73. The molecule has 2 aliphatic rings. The Kier molecular flexibility index (Phi) is 4.23. The minimum atomic E-state index is -0.0186. The van der Waals surface area contributed by atoms with E-state index in [0.717, 1.165) is 45.5 Å². The molecule has 2 saturated heterocycles. The van der Waals surface area contributed by atoms with Crippen LogP contribution < -0.4 is 0 Å². The van der Waals surface area contributed by atoms with Gasteiger partial charge >= 0.3 is 0 Å². The van der Waals surface area contributed by atoms with Crippen molar-refractivity contribution >= 4 is 0 Å². The van der Waals surface area contributed by atoms with Crippen LogP contribution in [0.3, 0.4) is 0 Å². The molecule has 0 saturated carbocycles. The van der Waals surface area contributed by atoms with Crippen LogP contribution in [0.1, 0.15) is 19.3 Å². The monoisotopic (exact) mass is 240 g/mol. The number of methoxy groups -OCH3 is 1. The summed E-state index contributed by atoms with van der Waals surface area (Å²) < 4.78 is 11.4. The van der Waals surface area contributed by atoms with Crippen molar-refractivity contribution in [2.75, 3.05) is 39.9 Å². The van der Waals surface area contributed by atoms with E-state index in [-0.39, 0.29) is 5.60 Å². The van der Waals surface area contributed by atoms with Crippen LogP contribution in [-0.2, 0) is 9.47 Å². The zero-order chi connectivity index (χ0) is 12.1. The Morgan fingerprint density at radius 2 is 2.53 bits per heavy atom. The first-order valence-electron chi connectivity index (χ1n) is 6.18. The Bertz CT molecular complexity index is 306. The molecule has 6 nitrogen and oxygen atoms in total. The third-order valence-corrected chi connectivity index (χ3v) is 3.76. The van der Waals surface area contributed by atoms with Gasteiger partial charge in [-0.05, 0) is 18.4 Å². The summed E-state index contributed by atoms with van der Waals surface area (Å²) in [5.41, 5.74) is 8.23. The topological polar surface area (TPSA) is 70.5 Å². The second-order valence-electron chi connectivity index (χ2n) is 4.86. The predicted octanol–water partition coefficient (Wildman–Crippen LogP) is 1.57. The van der Waals surface area contributed by atoms with Gasteiger partial charge in [0.2, 0.25) is 0 Å². The van der Waals surface area contributed by atoms with E-state index in [1.165, 1.54) is 0 Å². The van der Waals surface area contributed by atoms with Gasteiger partial charge in [0.05, 0.1) is 11.7 Å². The summed E-state index contributed by atoms with van der Waals surface area (Å²) >= 11 is 0. The Morgan fingerprint density at radius 3 is 3.29 bits per heavy atom. The van der Waals surface area contributed by atoms with Crippen molar-refractivity contribution in [3.63, 3.8) is 0 Å². The summed E-state index contributed by atoms with van der Waals surface area (Å²) in [6.07, 6.45) is 3.38. The molecule has 2 fully saturated rings. The molecule has 0 aromatic heterocycles. The van der Waals surface area contributed by atoms with Gasteiger partial charge in [0.15, 0.2) is 0 Å². The lowest BCUT2D eigenvalue weighted by molar-refractivity contribution is -0.119. The molecule has 0 N–H and O–H groups in total. The summed E-state index contributed by atoms with van der Waals surface area (Å²) in [6, 6.07) is 0. The fourth-order valence-electron chi connectivity index (χ4n) is 2.82. The van der Waals surface area contributed by atoms with Gasteiger partial charge in [0, 0.05) is 51.2 Å². The molecule has 0 radical (unpaired) electrons. The van der Waals surface area contributed by atoms with Crippen molar-refractivity contribution in [3.8, 4) is 0 Å². The van der Waals surface area contributed by atoms with Gasteiger partial charge in [-0.25, -0.2) is 0 Å². The van der Waals surface area contributed by atoms with E-state index in [9.17, 15) is 0 Å². The van der Waals surface area contributed by atoms with E-state index < -0.39 is 0 Å². The summed E-state index contributed by atoms with van der Waals surface area (Å²) in [5.74, 6) is 0. The maximum Gasteiger partial charge on any atom is 0.0845 e. The molecule has 0 aliphatic carbocycles. The standard InChI is InChI=1S/C11H20N4O2/c1-16-10-2-7-17-11(8-10)3-5-15(9-11)6-4-13-14-12/h10H,2-9H2,1H3/t10-,11-/m0/s1. The maximum absolute atomic E-state index is 8.25. The normalized spacial score (nSPS) is 33.8. The van der Waals surface area contributed by atoms with Crippen LogP contribution >= 0.6 is 0 Å². The molecule has 1 spiro atoms. The molecule has 0 aromatic carbocycles. The summed E-state index contributed by atoms with van der Waals surface area (Å²) in [6.45, 7) is 4.13. The highest BCUT2D eigenvalue weighted by atomic mass is 16.5. The van der Waals surface area contributed by atoms with Crippen LogP contribution in [0.15, 0.2) is 5.11 Å². The molecular formula is C11H20N4O2. The van der Waals surface area contributed by atoms with Crippen LogP contribution in [0.25, 0.3) is 10.4 Å². The number of ether oxygens (including phenoxy) is 2. The summed E-state index contributed by atoms with van der Waals surface area (Å²) in [4.78, 5) is 5.09. The van der Waals surface area contributed by atoms with Gasteiger partial charge in [-0.15, -0.1) is 0 Å². The predicted molar refractivity (Wildman–Crippen MR) is 63.8 cm³/mol. The smallest absolute Gasteiger partial charge is 0.0845 e. The quantitative estimate of drug-likeness (QED) is 0.425. The van der Waals surface area contributed by atoms with Crippen LogP contribution in [0, 0.1) is 0 Å². The molecule has 2 atom stereocenters. The lowest BCUT2D eigenvalue weighted by Gasteiger charge is -2.37. The third-order valence-electron chi connectivity index (χ3n) is 3.76. The van der Waals surface area contributed by atoms with Crippen LogP contribution in [0.2, 0.25) is 0 Å². The molecule has 96 valence electrons. The van der Waals surface area contributed by atoms with Crippen molar-refractivity contribution < 1.29 is 9.47 Å². The van der Waals surface area contributed by atoms with E-state index in [4.69, 9.17) is 15.0 Å². The van der Waals surface area contributed by atoms with E-state index >= 15 is 0 Å².